The van der Waals surface area contributed by atoms with Crippen LogP contribution in [0.15, 0.2) is 211 Å². The lowest BCUT2D eigenvalue weighted by Gasteiger charge is -2.24. The Morgan fingerprint density at radius 3 is 1.31 bits per heavy atom. The summed E-state index contributed by atoms with van der Waals surface area (Å²) in [6.07, 6.45) is 0. The van der Waals surface area contributed by atoms with E-state index in [2.05, 4.69) is 208 Å². The molecule has 0 radical (unpaired) electrons. The van der Waals surface area contributed by atoms with Crippen LogP contribution in [0, 0.1) is 0 Å². The number of para-hydroxylation sites is 1. The third-order valence-corrected chi connectivity index (χ3v) is 13.8. The highest BCUT2D eigenvalue weighted by Crippen LogP contribution is 2.55. The molecule has 11 aromatic carbocycles. The fourth-order valence-electron chi connectivity index (χ4n) is 11.0. The Bertz CT molecular complexity index is 3780. The van der Waals surface area contributed by atoms with Crippen molar-refractivity contribution in [3.63, 3.8) is 0 Å². The molecule has 1 aliphatic carbocycles. The van der Waals surface area contributed by atoms with Gasteiger partial charge in [0.05, 0.1) is 0 Å². The molecule has 0 unspecified atom stereocenters. The first-order chi connectivity index (χ1) is 30.5. The molecule has 1 heteroatoms. The molecule has 0 atom stereocenters. The first-order valence-electron chi connectivity index (χ1n) is 21.7. The molecule has 1 nitrogen and oxygen atoms in total. The normalized spacial score (nSPS) is 13.1. The minimum atomic E-state index is -0.129. The molecule has 0 saturated carbocycles. The number of benzene rings is 11. The van der Waals surface area contributed by atoms with Gasteiger partial charge in [0.1, 0.15) is 11.2 Å². The van der Waals surface area contributed by atoms with Crippen LogP contribution in [-0.2, 0) is 5.41 Å². The number of hydrogen-bond donors (Lipinski definition) is 0. The number of hydrogen-bond acceptors (Lipinski definition) is 1. The maximum absolute atomic E-state index is 6.18. The van der Waals surface area contributed by atoms with Gasteiger partial charge in [-0.05, 0) is 146 Å². The van der Waals surface area contributed by atoms with Gasteiger partial charge in [-0.15, -0.1) is 0 Å². The van der Waals surface area contributed by atoms with Crippen LogP contribution in [0.1, 0.15) is 25.0 Å². The van der Waals surface area contributed by atoms with Crippen LogP contribution in [-0.4, -0.2) is 0 Å². The predicted molar refractivity (Wildman–Crippen MR) is 263 cm³/mol. The third-order valence-electron chi connectivity index (χ3n) is 13.8. The number of furan rings is 1. The zero-order valence-corrected chi connectivity index (χ0v) is 34.5. The van der Waals surface area contributed by atoms with Gasteiger partial charge in [-0.3, -0.25) is 0 Å². The summed E-state index contributed by atoms with van der Waals surface area (Å²) in [4.78, 5) is 0. The molecule has 0 amide bonds. The van der Waals surface area contributed by atoms with Crippen LogP contribution in [0.3, 0.4) is 0 Å². The highest BCUT2D eigenvalue weighted by molar-refractivity contribution is 6.22. The van der Waals surface area contributed by atoms with E-state index in [0.717, 1.165) is 21.9 Å². The average molecular weight is 789 g/mol. The summed E-state index contributed by atoms with van der Waals surface area (Å²) in [5.41, 5.74) is 17.0. The van der Waals surface area contributed by atoms with Crippen molar-refractivity contribution in [2.24, 2.45) is 0 Å². The highest BCUT2D eigenvalue weighted by atomic mass is 16.3. The molecule has 62 heavy (non-hydrogen) atoms. The topological polar surface area (TPSA) is 13.1 Å². The van der Waals surface area contributed by atoms with Crippen molar-refractivity contribution in [2.75, 3.05) is 0 Å². The van der Waals surface area contributed by atoms with E-state index >= 15 is 0 Å². The van der Waals surface area contributed by atoms with Gasteiger partial charge in [-0.25, -0.2) is 0 Å². The predicted octanol–water partition coefficient (Wildman–Crippen LogP) is 17.2. The Labute approximate surface area is 360 Å². The van der Waals surface area contributed by atoms with E-state index in [-0.39, 0.29) is 5.41 Å². The zero-order chi connectivity index (χ0) is 41.1. The van der Waals surface area contributed by atoms with Crippen LogP contribution >= 0.6 is 0 Å². The SMILES string of the molecule is CC1(C)c2ccc(-c3cccc(-c4c5ccccc5c(-c5cccc(-c6ccc7oc8ccccc8c7c6)c5)c5ccccc45)c3)cc2-c2c1c1ccccc1c1ccccc21. The van der Waals surface area contributed by atoms with Crippen molar-refractivity contribution >= 4 is 65.0 Å². The molecule has 1 heterocycles. The molecular weight excluding hydrogens is 749 g/mol. The lowest BCUT2D eigenvalue weighted by Crippen LogP contribution is -2.15. The smallest absolute Gasteiger partial charge is 0.135 e. The van der Waals surface area contributed by atoms with Gasteiger partial charge in [-0.2, -0.15) is 0 Å². The van der Waals surface area contributed by atoms with Crippen molar-refractivity contribution in [1.29, 1.82) is 0 Å². The van der Waals surface area contributed by atoms with E-state index in [1.807, 2.05) is 12.1 Å². The van der Waals surface area contributed by atoms with Crippen LogP contribution in [0.5, 0.6) is 0 Å². The standard InChI is InChI=1S/C61H40O/c1-61(2)54-31-29-39(36-53(54)59-46-22-5-3-19-43(46)44-20-4-10-27-51(44)60(59)61)37-15-13-17-41(33-37)57-47-23-6-8-25-49(47)58(50-26-9-7-24-48(50)57)42-18-14-16-38(34-42)40-30-32-56-52(35-40)45-21-11-12-28-55(45)62-56/h3-36H,1-2H3. The monoisotopic (exact) mass is 788 g/mol. The molecule has 13 rings (SSSR count). The second-order valence-corrected chi connectivity index (χ2v) is 17.5. The first-order valence-corrected chi connectivity index (χ1v) is 21.7. The Balaban J connectivity index is 0.967. The summed E-state index contributed by atoms with van der Waals surface area (Å²) in [5, 5.41) is 12.6. The molecule has 1 aliphatic rings. The van der Waals surface area contributed by atoms with E-state index in [4.69, 9.17) is 4.42 Å². The molecule has 1 aromatic heterocycles. The number of rotatable bonds is 4. The van der Waals surface area contributed by atoms with Gasteiger partial charge < -0.3 is 4.42 Å². The molecule has 0 fully saturated rings. The van der Waals surface area contributed by atoms with Gasteiger partial charge >= 0.3 is 0 Å². The largest absolute Gasteiger partial charge is 0.456 e. The molecule has 0 aliphatic heterocycles. The van der Waals surface area contributed by atoms with Gasteiger partial charge in [0.25, 0.3) is 0 Å². The van der Waals surface area contributed by atoms with Gasteiger partial charge in [-0.1, -0.05) is 184 Å². The maximum Gasteiger partial charge on any atom is 0.135 e. The summed E-state index contributed by atoms with van der Waals surface area (Å²) >= 11 is 0. The molecule has 290 valence electrons. The van der Waals surface area contributed by atoms with E-state index in [0.29, 0.717) is 0 Å². The minimum Gasteiger partial charge on any atom is -0.456 e. The van der Waals surface area contributed by atoms with E-state index < -0.39 is 0 Å². The lowest BCUT2D eigenvalue weighted by atomic mass is 9.79. The van der Waals surface area contributed by atoms with Crippen molar-refractivity contribution in [3.8, 4) is 55.6 Å². The molecular formula is C61H40O. The van der Waals surface area contributed by atoms with Gasteiger partial charge in [0.15, 0.2) is 0 Å². The Kier molecular flexibility index (Phi) is 7.42. The summed E-state index contributed by atoms with van der Waals surface area (Å²) in [7, 11) is 0. The van der Waals surface area contributed by atoms with Crippen LogP contribution in [0.25, 0.3) is 121 Å². The average Bonchev–Trinajstić information content (AvgIpc) is 3.82. The Morgan fingerprint density at radius 1 is 0.290 bits per heavy atom. The van der Waals surface area contributed by atoms with Crippen molar-refractivity contribution < 1.29 is 4.42 Å². The molecule has 12 aromatic rings. The summed E-state index contributed by atoms with van der Waals surface area (Å²) in [6, 6.07) is 76.2. The highest BCUT2D eigenvalue weighted by Gasteiger charge is 2.38. The quantitative estimate of drug-likeness (QED) is 0.128. The van der Waals surface area contributed by atoms with E-state index in [9.17, 15) is 0 Å². The molecule has 0 saturated heterocycles. The maximum atomic E-state index is 6.18. The molecule has 0 spiro atoms. The summed E-state index contributed by atoms with van der Waals surface area (Å²) in [5.74, 6) is 0. The zero-order valence-electron chi connectivity index (χ0n) is 34.5. The third kappa shape index (κ3) is 5.03. The lowest BCUT2D eigenvalue weighted by molar-refractivity contribution is 0.666. The Hall–Kier alpha value is -7.74. The van der Waals surface area contributed by atoms with Crippen LogP contribution in [0.4, 0.5) is 0 Å². The minimum absolute atomic E-state index is 0.129. The fraction of sp³-hybridized carbons (Fsp3) is 0.0492. The van der Waals surface area contributed by atoms with Crippen molar-refractivity contribution in [2.45, 2.75) is 19.3 Å². The van der Waals surface area contributed by atoms with Crippen molar-refractivity contribution in [1.82, 2.24) is 0 Å². The molecule has 0 N–H and O–H groups in total. The Morgan fingerprint density at radius 2 is 0.710 bits per heavy atom. The summed E-state index contributed by atoms with van der Waals surface area (Å²) < 4.78 is 6.18. The van der Waals surface area contributed by atoms with E-state index in [1.54, 1.807) is 0 Å². The van der Waals surface area contributed by atoms with Gasteiger partial charge in [0, 0.05) is 16.2 Å². The van der Waals surface area contributed by atoms with Crippen molar-refractivity contribution in [3.05, 3.63) is 217 Å². The van der Waals surface area contributed by atoms with Gasteiger partial charge in [0.2, 0.25) is 0 Å². The fourth-order valence-corrected chi connectivity index (χ4v) is 11.0. The summed E-state index contributed by atoms with van der Waals surface area (Å²) in [6.45, 7) is 4.80. The second kappa shape index (κ2) is 13.1. The second-order valence-electron chi connectivity index (χ2n) is 17.5. The first kappa shape index (κ1) is 35.1. The number of fused-ring (bicyclic) bond motifs is 13. The van der Waals surface area contributed by atoms with Crippen LogP contribution in [0.2, 0.25) is 0 Å². The van der Waals surface area contributed by atoms with Crippen LogP contribution < -0.4 is 0 Å². The molecule has 0 bridgehead atoms. The van der Waals surface area contributed by atoms with E-state index in [1.165, 1.54) is 110 Å².